The Labute approximate surface area is 85.3 Å². The summed E-state index contributed by atoms with van der Waals surface area (Å²) in [6, 6.07) is 0. The van der Waals surface area contributed by atoms with Gasteiger partial charge in [0, 0.05) is 12.3 Å². The molecule has 78 valence electrons. The Morgan fingerprint density at radius 2 is 2.29 bits per heavy atom. The van der Waals surface area contributed by atoms with Crippen molar-refractivity contribution < 1.29 is 9.53 Å². The van der Waals surface area contributed by atoms with Crippen LogP contribution in [-0.4, -0.2) is 19.0 Å². The van der Waals surface area contributed by atoms with Crippen molar-refractivity contribution in [2.24, 2.45) is 5.92 Å². The molecule has 0 saturated carbocycles. The Bertz CT molecular complexity index is 265. The van der Waals surface area contributed by atoms with Gasteiger partial charge in [0.25, 0.3) is 0 Å². The van der Waals surface area contributed by atoms with Crippen molar-refractivity contribution in [1.82, 2.24) is 0 Å². The molecule has 0 unspecified atom stereocenters. The lowest BCUT2D eigenvalue weighted by Crippen LogP contribution is -2.01. The third kappa shape index (κ3) is 1.76. The summed E-state index contributed by atoms with van der Waals surface area (Å²) in [6.45, 7) is 3.69. The first-order valence-corrected chi connectivity index (χ1v) is 5.65. The predicted molar refractivity (Wildman–Crippen MR) is 55.1 cm³/mol. The number of unbranched alkanes of at least 4 members (excludes halogenated alkanes) is 2. The molecular formula is C12H18O2. The van der Waals surface area contributed by atoms with E-state index in [2.05, 4.69) is 6.92 Å². The van der Waals surface area contributed by atoms with Gasteiger partial charge in [-0.15, -0.1) is 0 Å². The highest BCUT2D eigenvalue weighted by molar-refractivity contribution is 5.99. The number of hydrogen-bond acceptors (Lipinski definition) is 2. The second-order valence-electron chi connectivity index (χ2n) is 4.30. The van der Waals surface area contributed by atoms with Crippen molar-refractivity contribution in [3.8, 4) is 0 Å². The number of carbonyl (C=O) groups excluding carboxylic acids is 1. The summed E-state index contributed by atoms with van der Waals surface area (Å²) in [5, 5.41) is 0. The van der Waals surface area contributed by atoms with Crippen molar-refractivity contribution in [3.63, 3.8) is 0 Å². The molecule has 1 saturated heterocycles. The van der Waals surface area contributed by atoms with E-state index in [1.165, 1.54) is 18.4 Å². The molecule has 1 aliphatic heterocycles. The summed E-state index contributed by atoms with van der Waals surface area (Å²) >= 11 is 0. The molecule has 1 heterocycles. The first kappa shape index (κ1) is 9.91. The third-order valence-corrected chi connectivity index (χ3v) is 3.26. The Balaban J connectivity index is 2.00. The lowest BCUT2D eigenvalue weighted by atomic mass is 10.0. The van der Waals surface area contributed by atoms with Crippen LogP contribution in [0.3, 0.4) is 0 Å². The van der Waals surface area contributed by atoms with Gasteiger partial charge in [0.15, 0.2) is 5.78 Å². The highest BCUT2D eigenvalue weighted by atomic mass is 16.5. The molecule has 2 rings (SSSR count). The number of hydrogen-bond donors (Lipinski definition) is 0. The molecule has 0 aromatic rings. The minimum Gasteiger partial charge on any atom is -0.376 e. The molecule has 0 radical (unpaired) electrons. The van der Waals surface area contributed by atoms with E-state index in [0.29, 0.717) is 11.7 Å². The zero-order valence-electron chi connectivity index (χ0n) is 8.84. The van der Waals surface area contributed by atoms with E-state index >= 15 is 0 Å². The van der Waals surface area contributed by atoms with Gasteiger partial charge in [-0.1, -0.05) is 19.8 Å². The minimum absolute atomic E-state index is 0.393. The summed E-state index contributed by atoms with van der Waals surface area (Å²) in [6.07, 6.45) is 5.32. The zero-order chi connectivity index (χ0) is 9.97. The van der Waals surface area contributed by atoms with E-state index in [-0.39, 0.29) is 0 Å². The number of allylic oxidation sites excluding steroid dienone is 1. The number of carbonyl (C=O) groups is 1. The van der Waals surface area contributed by atoms with Crippen LogP contribution < -0.4 is 0 Å². The van der Waals surface area contributed by atoms with Gasteiger partial charge in [0.05, 0.1) is 13.2 Å². The van der Waals surface area contributed by atoms with Crippen LogP contribution >= 0.6 is 0 Å². The van der Waals surface area contributed by atoms with E-state index in [1.54, 1.807) is 0 Å². The fraction of sp³-hybridized carbons (Fsp3) is 0.750. The molecular weight excluding hydrogens is 176 g/mol. The van der Waals surface area contributed by atoms with E-state index < -0.39 is 0 Å². The predicted octanol–water partition coefficient (Wildman–Crippen LogP) is 2.48. The minimum atomic E-state index is 0.393. The third-order valence-electron chi connectivity index (χ3n) is 3.26. The van der Waals surface area contributed by atoms with Crippen molar-refractivity contribution in [1.29, 1.82) is 0 Å². The Kier molecular flexibility index (Phi) is 3.02. The van der Waals surface area contributed by atoms with Crippen LogP contribution in [0.15, 0.2) is 11.1 Å². The second-order valence-corrected chi connectivity index (χ2v) is 4.30. The maximum absolute atomic E-state index is 11.7. The average Bonchev–Trinajstić information content (AvgIpc) is 2.69. The molecule has 2 heteroatoms. The maximum Gasteiger partial charge on any atom is 0.159 e. The van der Waals surface area contributed by atoms with Crippen LogP contribution in [0, 0.1) is 5.92 Å². The molecule has 0 aromatic carbocycles. The van der Waals surface area contributed by atoms with Crippen LogP contribution in [0.5, 0.6) is 0 Å². The fourth-order valence-electron chi connectivity index (χ4n) is 2.42. The molecule has 2 nitrogen and oxygen atoms in total. The molecule has 0 aromatic heterocycles. The van der Waals surface area contributed by atoms with Gasteiger partial charge in [-0.25, -0.2) is 0 Å². The van der Waals surface area contributed by atoms with Crippen molar-refractivity contribution in [2.75, 3.05) is 13.2 Å². The van der Waals surface area contributed by atoms with Gasteiger partial charge in [-0.3, -0.25) is 4.79 Å². The van der Waals surface area contributed by atoms with Crippen LogP contribution in [-0.2, 0) is 9.53 Å². The second kappa shape index (κ2) is 4.26. The zero-order valence-corrected chi connectivity index (χ0v) is 8.84. The van der Waals surface area contributed by atoms with E-state index in [4.69, 9.17) is 4.74 Å². The first-order valence-electron chi connectivity index (χ1n) is 5.65. The van der Waals surface area contributed by atoms with Crippen molar-refractivity contribution in [3.05, 3.63) is 11.1 Å². The molecule has 2 aliphatic rings. The summed E-state index contributed by atoms with van der Waals surface area (Å²) in [5.74, 6) is 0.837. The fourth-order valence-corrected chi connectivity index (χ4v) is 2.42. The van der Waals surface area contributed by atoms with E-state index in [1.807, 2.05) is 0 Å². The summed E-state index contributed by atoms with van der Waals surface area (Å²) in [4.78, 5) is 11.7. The Morgan fingerprint density at radius 3 is 3.07 bits per heavy atom. The largest absolute Gasteiger partial charge is 0.376 e. The van der Waals surface area contributed by atoms with Crippen molar-refractivity contribution in [2.45, 2.75) is 39.0 Å². The van der Waals surface area contributed by atoms with Gasteiger partial charge in [-0.05, 0) is 24.0 Å². The lowest BCUT2D eigenvalue weighted by molar-refractivity contribution is -0.115. The average molecular weight is 194 g/mol. The number of Topliss-reactive ketones (excluding diaryl/α,β-unsaturated/α-hetero) is 1. The standard InChI is InChI=1S/C12H18O2/c1-2-3-4-5-10-11-8-14-7-9(11)6-12(10)13/h9H,2-8H2,1H3/t9-/m0/s1. The van der Waals surface area contributed by atoms with E-state index in [9.17, 15) is 4.79 Å². The molecule has 0 bridgehead atoms. The summed E-state index contributed by atoms with van der Waals surface area (Å²) < 4.78 is 5.39. The van der Waals surface area contributed by atoms with Gasteiger partial charge in [0.2, 0.25) is 0 Å². The molecule has 1 atom stereocenters. The molecule has 1 fully saturated rings. The van der Waals surface area contributed by atoms with Gasteiger partial charge in [-0.2, -0.15) is 0 Å². The topological polar surface area (TPSA) is 26.3 Å². The number of ether oxygens (including phenoxy) is 1. The van der Waals surface area contributed by atoms with Gasteiger partial charge >= 0.3 is 0 Å². The van der Waals surface area contributed by atoms with Crippen LogP contribution in [0.1, 0.15) is 39.0 Å². The highest BCUT2D eigenvalue weighted by Crippen LogP contribution is 2.36. The monoisotopic (exact) mass is 194 g/mol. The molecule has 1 aliphatic carbocycles. The van der Waals surface area contributed by atoms with Crippen LogP contribution in [0.2, 0.25) is 0 Å². The first-order chi connectivity index (χ1) is 6.83. The highest BCUT2D eigenvalue weighted by Gasteiger charge is 2.35. The van der Waals surface area contributed by atoms with Crippen LogP contribution in [0.25, 0.3) is 0 Å². The quantitative estimate of drug-likeness (QED) is 0.643. The summed E-state index contributed by atoms with van der Waals surface area (Å²) in [5.41, 5.74) is 2.44. The maximum atomic E-state index is 11.7. The normalized spacial score (nSPS) is 26.1. The number of ketones is 1. The summed E-state index contributed by atoms with van der Waals surface area (Å²) in [7, 11) is 0. The molecule has 0 amide bonds. The smallest absolute Gasteiger partial charge is 0.159 e. The molecule has 0 N–H and O–H groups in total. The SMILES string of the molecule is CCCCCC1=C2COC[C@@H]2CC1=O. The Morgan fingerprint density at radius 1 is 1.43 bits per heavy atom. The van der Waals surface area contributed by atoms with Crippen LogP contribution in [0.4, 0.5) is 0 Å². The number of fused-ring (bicyclic) bond motifs is 1. The molecule has 14 heavy (non-hydrogen) atoms. The van der Waals surface area contributed by atoms with Crippen molar-refractivity contribution >= 4 is 5.78 Å². The van der Waals surface area contributed by atoms with Gasteiger partial charge in [0.1, 0.15) is 0 Å². The molecule has 0 spiro atoms. The van der Waals surface area contributed by atoms with Gasteiger partial charge < -0.3 is 4.74 Å². The van der Waals surface area contributed by atoms with E-state index in [0.717, 1.165) is 38.0 Å². The lowest BCUT2D eigenvalue weighted by Gasteiger charge is -2.02. The Hall–Kier alpha value is -0.630. The number of rotatable bonds is 4.